The highest BCUT2D eigenvalue weighted by Crippen LogP contribution is 2.27. The van der Waals surface area contributed by atoms with Gasteiger partial charge in [0, 0.05) is 63.4 Å². The number of aldehydes is 1. The molecule has 0 radical (unpaired) electrons. The molecule has 0 saturated carbocycles. The van der Waals surface area contributed by atoms with Crippen molar-refractivity contribution >= 4 is 40.8 Å². The number of amides is 2. The number of nitrogens with zero attached hydrogens (tertiary/aromatic N) is 5. The Morgan fingerprint density at radius 2 is 1.23 bits per heavy atom. The number of piperazine rings is 2. The lowest BCUT2D eigenvalue weighted by Gasteiger charge is -2.37. The van der Waals surface area contributed by atoms with Crippen molar-refractivity contribution in [2.24, 2.45) is 11.7 Å². The number of benzene rings is 2. The molecule has 7 N–H and O–H groups in total. The average molecular weight is 661 g/mol. The molecule has 47 heavy (non-hydrogen) atoms. The number of nitrogens with two attached hydrogens (primary N) is 2. The summed E-state index contributed by atoms with van der Waals surface area (Å²) in [5.41, 5.74) is 1.85. The molecule has 0 unspecified atom stereocenters. The summed E-state index contributed by atoms with van der Waals surface area (Å²) in [6, 6.07) is 10.7. The van der Waals surface area contributed by atoms with Crippen molar-refractivity contribution in [1.29, 1.82) is 0 Å². The zero-order valence-corrected chi connectivity index (χ0v) is 28.1. The van der Waals surface area contributed by atoms with Crippen LogP contribution in [0, 0.1) is 5.82 Å². The number of rotatable bonds is 3. The average Bonchev–Trinajstić information content (AvgIpc) is 3.50. The van der Waals surface area contributed by atoms with Gasteiger partial charge in [-0.2, -0.15) is 5.10 Å². The zero-order valence-electron chi connectivity index (χ0n) is 28.1. The molecule has 260 valence electrons. The number of anilines is 2. The molecule has 0 aliphatic carbocycles. The van der Waals surface area contributed by atoms with E-state index in [0.717, 1.165) is 29.7 Å². The Morgan fingerprint density at radius 1 is 0.787 bits per heavy atom. The number of ether oxygens (including phenoxy) is 2. The highest BCUT2D eigenvalue weighted by molar-refractivity contribution is 5.91. The SMILES string of the molecule is CC(C)(C)OC(=O)N1CCN(c2cccc(F)c2C=O)CC1.CC(C)(C)OC(=O)N1CCN(c2cccc3[nH]ncc23)CC1.NN.O. The summed E-state index contributed by atoms with van der Waals surface area (Å²) in [4.78, 5) is 42.8. The number of hydrogen-bond acceptors (Lipinski definition) is 10. The van der Waals surface area contributed by atoms with Gasteiger partial charge in [0.15, 0.2) is 6.29 Å². The van der Waals surface area contributed by atoms with Gasteiger partial charge in [-0.05, 0) is 65.8 Å². The molecule has 0 spiro atoms. The fourth-order valence-corrected chi connectivity index (χ4v) is 5.06. The molecule has 5 rings (SSSR count). The molecule has 3 heterocycles. The Balaban J connectivity index is 0.000000304. The van der Waals surface area contributed by atoms with E-state index in [4.69, 9.17) is 9.47 Å². The van der Waals surface area contributed by atoms with Crippen LogP contribution in [0.4, 0.5) is 25.4 Å². The standard InChI is InChI=1S/C16H21FN2O3.C16H22N4O2.H4N2.H2O/c1-16(2,3)22-15(21)19-9-7-18(8-10-19)14-6-4-5-13(17)12(14)11-20;1-16(2,3)22-15(21)20-9-7-19(8-10-20)14-6-4-5-13-12(14)11-17-18-13;1-2;/h4-6,11H,7-10H2,1-3H3;4-6,11H,7-10H2,1-3H3,(H,17,18);1-2H2;1H2. The van der Waals surface area contributed by atoms with Crippen molar-refractivity contribution < 1.29 is 33.7 Å². The first-order valence-electron chi connectivity index (χ1n) is 15.2. The largest absolute Gasteiger partial charge is 0.444 e. The number of carbonyl (C=O) groups is 3. The highest BCUT2D eigenvalue weighted by atomic mass is 19.1. The predicted molar refractivity (Wildman–Crippen MR) is 180 cm³/mol. The smallest absolute Gasteiger partial charge is 0.410 e. The van der Waals surface area contributed by atoms with Gasteiger partial charge in [0.05, 0.1) is 23.0 Å². The summed E-state index contributed by atoms with van der Waals surface area (Å²) in [6.07, 6.45) is 1.81. The minimum absolute atomic E-state index is 0. The van der Waals surface area contributed by atoms with Gasteiger partial charge >= 0.3 is 12.2 Å². The fourth-order valence-electron chi connectivity index (χ4n) is 5.06. The first-order chi connectivity index (χ1) is 21.8. The van der Waals surface area contributed by atoms with Crippen LogP contribution in [-0.2, 0) is 9.47 Å². The lowest BCUT2D eigenvalue weighted by atomic mass is 10.1. The van der Waals surface area contributed by atoms with Crippen LogP contribution in [0.5, 0.6) is 0 Å². The Bertz CT molecular complexity index is 1460. The first-order valence-corrected chi connectivity index (χ1v) is 15.2. The number of H-pyrrole nitrogens is 1. The third-order valence-electron chi connectivity index (χ3n) is 7.15. The maximum absolute atomic E-state index is 13.7. The van der Waals surface area contributed by atoms with E-state index in [1.54, 1.807) is 21.9 Å². The van der Waals surface area contributed by atoms with Crippen molar-refractivity contribution in [3.05, 3.63) is 54.0 Å². The number of aromatic nitrogens is 2. The van der Waals surface area contributed by atoms with Crippen molar-refractivity contribution in [1.82, 2.24) is 20.0 Å². The van der Waals surface area contributed by atoms with E-state index in [1.807, 2.05) is 64.8 Å². The van der Waals surface area contributed by atoms with E-state index in [2.05, 4.69) is 32.8 Å². The summed E-state index contributed by atoms with van der Waals surface area (Å²) >= 11 is 0. The van der Waals surface area contributed by atoms with Crippen molar-refractivity contribution in [2.75, 3.05) is 62.2 Å². The van der Waals surface area contributed by atoms with Crippen LogP contribution in [0.2, 0.25) is 0 Å². The molecule has 3 aromatic rings. The summed E-state index contributed by atoms with van der Waals surface area (Å²) in [7, 11) is 0. The van der Waals surface area contributed by atoms with E-state index in [0.29, 0.717) is 51.2 Å². The normalized spacial score (nSPS) is 15.0. The van der Waals surface area contributed by atoms with Gasteiger partial charge < -0.3 is 34.5 Å². The molecule has 0 atom stereocenters. The highest BCUT2D eigenvalue weighted by Gasteiger charge is 2.28. The van der Waals surface area contributed by atoms with Gasteiger partial charge in [0.25, 0.3) is 0 Å². The number of aromatic amines is 1. The molecule has 2 fully saturated rings. The van der Waals surface area contributed by atoms with E-state index < -0.39 is 17.0 Å². The molecule has 2 aliphatic heterocycles. The van der Waals surface area contributed by atoms with Gasteiger partial charge in [-0.3, -0.25) is 21.6 Å². The molecule has 2 saturated heterocycles. The number of hydrazine groups is 1. The molecule has 2 amide bonds. The summed E-state index contributed by atoms with van der Waals surface area (Å²) in [5, 5.41) is 8.21. The molecule has 2 aliphatic rings. The molecule has 0 bridgehead atoms. The third kappa shape index (κ3) is 10.8. The van der Waals surface area contributed by atoms with Gasteiger partial charge in [0.1, 0.15) is 17.0 Å². The van der Waals surface area contributed by atoms with Crippen LogP contribution in [0.25, 0.3) is 10.9 Å². The molecular formula is C32H49FN8O6. The number of nitrogens with one attached hydrogen (secondary N) is 1. The zero-order chi connectivity index (χ0) is 34.1. The van der Waals surface area contributed by atoms with Gasteiger partial charge in [-0.1, -0.05) is 12.1 Å². The van der Waals surface area contributed by atoms with Crippen LogP contribution in [0.3, 0.4) is 0 Å². The van der Waals surface area contributed by atoms with Crippen molar-refractivity contribution in [3.8, 4) is 0 Å². The van der Waals surface area contributed by atoms with E-state index in [9.17, 15) is 18.8 Å². The monoisotopic (exact) mass is 660 g/mol. The number of carbonyl (C=O) groups excluding carboxylic acids is 3. The van der Waals surface area contributed by atoms with Gasteiger partial charge in [-0.25, -0.2) is 14.0 Å². The second kappa shape index (κ2) is 16.9. The van der Waals surface area contributed by atoms with Crippen molar-refractivity contribution in [3.63, 3.8) is 0 Å². The lowest BCUT2D eigenvalue weighted by Crippen LogP contribution is -2.50. The topological polar surface area (TPSA) is 195 Å². The van der Waals surface area contributed by atoms with Crippen molar-refractivity contribution in [2.45, 2.75) is 52.7 Å². The van der Waals surface area contributed by atoms with Crippen LogP contribution >= 0.6 is 0 Å². The van der Waals surface area contributed by atoms with Crippen LogP contribution in [0.1, 0.15) is 51.9 Å². The van der Waals surface area contributed by atoms with E-state index >= 15 is 0 Å². The second-order valence-electron chi connectivity index (χ2n) is 12.8. The van der Waals surface area contributed by atoms with Gasteiger partial charge in [-0.15, -0.1) is 0 Å². The summed E-state index contributed by atoms with van der Waals surface area (Å²) < 4.78 is 24.4. The third-order valence-corrected chi connectivity index (χ3v) is 7.15. The van der Waals surface area contributed by atoms with E-state index in [1.165, 1.54) is 6.07 Å². The molecule has 1 aromatic heterocycles. The maximum atomic E-state index is 13.7. The molecule has 15 heteroatoms. The minimum Gasteiger partial charge on any atom is -0.444 e. The molecule has 2 aromatic carbocycles. The summed E-state index contributed by atoms with van der Waals surface area (Å²) in [5.74, 6) is 7.47. The fraction of sp³-hybridized carbons (Fsp3) is 0.500. The number of hydrogen-bond donors (Lipinski definition) is 3. The van der Waals surface area contributed by atoms with Crippen LogP contribution in [-0.4, -0.2) is 108 Å². The minimum atomic E-state index is -0.526. The molecular weight excluding hydrogens is 611 g/mol. The molecule has 14 nitrogen and oxygen atoms in total. The lowest BCUT2D eigenvalue weighted by molar-refractivity contribution is 0.0230. The Morgan fingerprint density at radius 3 is 1.70 bits per heavy atom. The van der Waals surface area contributed by atoms with Gasteiger partial charge in [0.2, 0.25) is 0 Å². The Hall–Kier alpha value is -4.47. The number of fused-ring (bicyclic) bond motifs is 1. The summed E-state index contributed by atoms with van der Waals surface area (Å²) in [6.45, 7) is 16.1. The quantitative estimate of drug-likeness (QED) is 0.213. The number of halogens is 1. The maximum Gasteiger partial charge on any atom is 0.410 e. The Kier molecular flexibility index (Phi) is 13.9. The van der Waals surface area contributed by atoms with E-state index in [-0.39, 0.29) is 23.2 Å². The first kappa shape index (κ1) is 38.7. The second-order valence-corrected chi connectivity index (χ2v) is 12.8. The van der Waals surface area contributed by atoms with Crippen LogP contribution < -0.4 is 21.5 Å². The van der Waals surface area contributed by atoms with Crippen LogP contribution in [0.15, 0.2) is 42.6 Å². The predicted octanol–water partition coefficient (Wildman–Crippen LogP) is 3.31. The Labute approximate surface area is 275 Å².